The fourth-order valence-corrected chi connectivity index (χ4v) is 4.35. The van der Waals surface area contributed by atoms with Gasteiger partial charge in [-0.3, -0.25) is 5.10 Å². The number of ether oxygens (including phenoxy) is 2. The highest BCUT2D eigenvalue weighted by Gasteiger charge is 2.40. The molecule has 4 aromatic rings. The molecule has 0 atom stereocenters. The van der Waals surface area contributed by atoms with E-state index in [4.69, 9.17) is 9.47 Å². The van der Waals surface area contributed by atoms with Crippen molar-refractivity contribution in [2.24, 2.45) is 0 Å². The third-order valence-corrected chi connectivity index (χ3v) is 6.70. The third-order valence-electron chi connectivity index (χ3n) is 6.70. The number of nitrogens with one attached hydrogen (secondary N) is 1. The van der Waals surface area contributed by atoms with E-state index in [0.29, 0.717) is 16.9 Å². The van der Waals surface area contributed by atoms with E-state index in [9.17, 15) is 4.39 Å². The normalized spacial score (nSPS) is 17.0. The number of pyridine rings is 1. The Bertz CT molecular complexity index is 1380. The van der Waals surface area contributed by atoms with E-state index in [1.807, 2.05) is 25.1 Å². The summed E-state index contributed by atoms with van der Waals surface area (Å²) in [5.41, 5.74) is 1.65. The van der Waals surface area contributed by atoms with Gasteiger partial charge in [0, 0.05) is 56.0 Å². The molecule has 0 amide bonds. The van der Waals surface area contributed by atoms with Gasteiger partial charge in [0.1, 0.15) is 35.0 Å². The average molecular weight is 476 g/mol. The van der Waals surface area contributed by atoms with Crippen molar-refractivity contribution < 1.29 is 13.9 Å². The quantitative estimate of drug-likeness (QED) is 0.450. The molecule has 1 saturated heterocycles. The second kappa shape index (κ2) is 8.37. The molecule has 0 radical (unpaired) electrons. The van der Waals surface area contributed by atoms with Crippen LogP contribution in [0.1, 0.15) is 19.8 Å². The highest BCUT2D eigenvalue weighted by atomic mass is 19.1. The first kappa shape index (κ1) is 21.6. The van der Waals surface area contributed by atoms with Crippen LogP contribution in [-0.2, 0) is 0 Å². The predicted molar refractivity (Wildman–Crippen MR) is 131 cm³/mol. The lowest BCUT2D eigenvalue weighted by Crippen LogP contribution is -2.47. The zero-order valence-corrected chi connectivity index (χ0v) is 19.7. The number of anilines is 2. The first-order valence-electron chi connectivity index (χ1n) is 11.7. The predicted octanol–water partition coefficient (Wildman–Crippen LogP) is 3.82. The minimum absolute atomic E-state index is 0.247. The number of benzene rings is 1. The Morgan fingerprint density at radius 1 is 0.971 bits per heavy atom. The largest absolute Gasteiger partial charge is 0.497 e. The van der Waals surface area contributed by atoms with Crippen LogP contribution in [0.5, 0.6) is 11.5 Å². The van der Waals surface area contributed by atoms with E-state index < -0.39 is 5.82 Å². The minimum atomic E-state index is -0.396. The van der Waals surface area contributed by atoms with Gasteiger partial charge in [-0.15, -0.1) is 0 Å². The molecule has 4 heterocycles. The Morgan fingerprint density at radius 3 is 2.43 bits per heavy atom. The Labute approximate surface area is 201 Å². The van der Waals surface area contributed by atoms with Crippen molar-refractivity contribution in [3.8, 4) is 22.9 Å². The Morgan fingerprint density at radius 2 is 1.71 bits per heavy atom. The fraction of sp³-hybridized carbons (Fsp3) is 0.360. The Hall–Kier alpha value is -3.95. The van der Waals surface area contributed by atoms with Crippen molar-refractivity contribution in [2.45, 2.75) is 25.4 Å². The number of hydrogen-bond donors (Lipinski definition) is 1. The number of H-pyrrole nitrogens is 1. The number of nitrogens with zero attached hydrogens (tertiary/aromatic N) is 6. The molecule has 2 fully saturated rings. The lowest BCUT2D eigenvalue weighted by atomic mass is 10.1. The smallest absolute Gasteiger partial charge is 0.167 e. The van der Waals surface area contributed by atoms with Crippen LogP contribution in [0.25, 0.3) is 22.3 Å². The number of piperazine rings is 1. The molecule has 1 N–H and O–H groups in total. The van der Waals surface area contributed by atoms with Crippen LogP contribution in [0.3, 0.4) is 0 Å². The van der Waals surface area contributed by atoms with Gasteiger partial charge in [0.2, 0.25) is 0 Å². The maximum Gasteiger partial charge on any atom is 0.167 e. The molecule has 0 bridgehead atoms. The van der Waals surface area contributed by atoms with Gasteiger partial charge in [-0.05, 0) is 31.9 Å². The van der Waals surface area contributed by atoms with Gasteiger partial charge in [0.05, 0.1) is 18.3 Å². The van der Waals surface area contributed by atoms with E-state index in [1.54, 1.807) is 25.7 Å². The SMILES string of the molecule is COc1ccnc(N2CCN(c3cc(-c4n[nH]c5cc(F)c(OC6(C)CC6)cc45)ncn3)CC2)c1. The monoisotopic (exact) mass is 475 g/mol. The van der Waals surface area contributed by atoms with Crippen molar-refractivity contribution in [1.29, 1.82) is 0 Å². The number of methoxy groups -OCH3 is 1. The Kier molecular flexibility index (Phi) is 5.16. The summed E-state index contributed by atoms with van der Waals surface area (Å²) in [7, 11) is 1.66. The lowest BCUT2D eigenvalue weighted by Gasteiger charge is -2.36. The van der Waals surface area contributed by atoms with Gasteiger partial charge in [0.25, 0.3) is 0 Å². The maximum atomic E-state index is 14.6. The molecule has 1 saturated carbocycles. The fourth-order valence-electron chi connectivity index (χ4n) is 4.35. The van der Waals surface area contributed by atoms with Crippen LogP contribution < -0.4 is 19.3 Å². The summed E-state index contributed by atoms with van der Waals surface area (Å²) in [5, 5.41) is 8.12. The van der Waals surface area contributed by atoms with Crippen molar-refractivity contribution >= 4 is 22.5 Å². The number of aromatic nitrogens is 5. The van der Waals surface area contributed by atoms with Crippen LogP contribution in [0.4, 0.5) is 16.0 Å². The van der Waals surface area contributed by atoms with E-state index >= 15 is 0 Å². The van der Waals surface area contributed by atoms with Crippen LogP contribution >= 0.6 is 0 Å². The van der Waals surface area contributed by atoms with Crippen molar-refractivity contribution in [1.82, 2.24) is 25.1 Å². The second-order valence-electron chi connectivity index (χ2n) is 9.24. The summed E-state index contributed by atoms with van der Waals surface area (Å²) in [4.78, 5) is 17.9. The molecule has 1 aromatic carbocycles. The topological polar surface area (TPSA) is 92.3 Å². The maximum absolute atomic E-state index is 14.6. The summed E-state index contributed by atoms with van der Waals surface area (Å²) in [6.07, 6.45) is 5.17. The second-order valence-corrected chi connectivity index (χ2v) is 9.24. The molecule has 3 aromatic heterocycles. The number of aromatic amines is 1. The third kappa shape index (κ3) is 4.20. The summed E-state index contributed by atoms with van der Waals surface area (Å²) < 4.78 is 25.8. The van der Waals surface area contributed by atoms with Crippen LogP contribution in [0.15, 0.2) is 42.9 Å². The minimum Gasteiger partial charge on any atom is -0.497 e. The summed E-state index contributed by atoms with van der Waals surface area (Å²) in [6.45, 7) is 5.19. The number of hydrogen-bond acceptors (Lipinski definition) is 8. The molecule has 35 heavy (non-hydrogen) atoms. The van der Waals surface area contributed by atoms with E-state index in [2.05, 4.69) is 34.9 Å². The van der Waals surface area contributed by atoms with E-state index in [0.717, 1.165) is 61.8 Å². The van der Waals surface area contributed by atoms with E-state index in [1.165, 1.54) is 6.07 Å². The molecule has 9 nitrogen and oxygen atoms in total. The molecule has 0 unspecified atom stereocenters. The van der Waals surface area contributed by atoms with Crippen LogP contribution in [0.2, 0.25) is 0 Å². The first-order valence-corrected chi connectivity index (χ1v) is 11.7. The first-order chi connectivity index (χ1) is 17.0. The van der Waals surface area contributed by atoms with Gasteiger partial charge < -0.3 is 19.3 Å². The van der Waals surface area contributed by atoms with Crippen molar-refractivity contribution in [2.75, 3.05) is 43.1 Å². The highest BCUT2D eigenvalue weighted by molar-refractivity contribution is 5.93. The molecule has 10 heteroatoms. The standard InChI is InChI=1S/C25H26FN7O2/c1-25(4-5-25)35-21-12-17-19(13-18(21)26)30-31-24(17)20-14-23(29-15-28-20)33-9-7-32(8-10-33)22-11-16(34-2)3-6-27-22/h3,6,11-15H,4-5,7-10H2,1-2H3,(H,30,31). The van der Waals surface area contributed by atoms with Gasteiger partial charge in [-0.25, -0.2) is 19.3 Å². The Balaban J connectivity index is 1.23. The van der Waals surface area contributed by atoms with Crippen molar-refractivity contribution in [3.05, 3.63) is 48.7 Å². The number of halogens is 1. The van der Waals surface area contributed by atoms with E-state index in [-0.39, 0.29) is 11.4 Å². The molecule has 180 valence electrons. The molecule has 0 spiro atoms. The summed E-state index contributed by atoms with van der Waals surface area (Å²) in [5.74, 6) is 2.38. The molecule has 2 aliphatic rings. The van der Waals surface area contributed by atoms with Crippen molar-refractivity contribution in [3.63, 3.8) is 0 Å². The molecule has 6 rings (SSSR count). The van der Waals surface area contributed by atoms with Gasteiger partial charge in [-0.2, -0.15) is 5.10 Å². The zero-order chi connectivity index (χ0) is 24.0. The highest BCUT2D eigenvalue weighted by Crippen LogP contribution is 2.41. The van der Waals surface area contributed by atoms with Gasteiger partial charge in [0.15, 0.2) is 11.6 Å². The summed E-state index contributed by atoms with van der Waals surface area (Å²) >= 11 is 0. The van der Waals surface area contributed by atoms with Gasteiger partial charge >= 0.3 is 0 Å². The van der Waals surface area contributed by atoms with Crippen LogP contribution in [-0.4, -0.2) is 64.0 Å². The lowest BCUT2D eigenvalue weighted by molar-refractivity contribution is 0.191. The molecular weight excluding hydrogens is 449 g/mol. The zero-order valence-electron chi connectivity index (χ0n) is 19.7. The van der Waals surface area contributed by atoms with Gasteiger partial charge in [-0.1, -0.05) is 0 Å². The molecule has 1 aliphatic carbocycles. The summed E-state index contributed by atoms with van der Waals surface area (Å²) in [6, 6.07) is 8.87. The molecule has 1 aliphatic heterocycles. The number of fused-ring (bicyclic) bond motifs is 1. The average Bonchev–Trinajstić information content (AvgIpc) is 3.48. The van der Waals surface area contributed by atoms with Crippen LogP contribution in [0, 0.1) is 5.82 Å². The number of rotatable bonds is 6. The molecular formula is C25H26FN7O2.